The zero-order valence-electron chi connectivity index (χ0n) is 13.5. The molecule has 1 amide bonds. The average Bonchev–Trinajstić information content (AvgIpc) is 2.63. The van der Waals surface area contributed by atoms with Crippen LogP contribution in [0, 0.1) is 0 Å². The van der Waals surface area contributed by atoms with Gasteiger partial charge in [-0.1, -0.05) is 54.1 Å². The van der Waals surface area contributed by atoms with Crippen LogP contribution in [0.2, 0.25) is 5.02 Å². The van der Waals surface area contributed by atoms with E-state index in [0.717, 1.165) is 10.8 Å². The topological polar surface area (TPSA) is 55.4 Å². The van der Waals surface area contributed by atoms with Crippen molar-refractivity contribution in [1.29, 1.82) is 0 Å². The highest BCUT2D eigenvalue weighted by Gasteiger charge is 2.19. The lowest BCUT2D eigenvalue weighted by Gasteiger charge is -2.14. The minimum atomic E-state index is -0.949. The van der Waals surface area contributed by atoms with Gasteiger partial charge in [-0.05, 0) is 42.0 Å². The van der Waals surface area contributed by atoms with E-state index in [1.807, 2.05) is 30.3 Å². The Balaban J connectivity index is 1.68. The van der Waals surface area contributed by atoms with Gasteiger partial charge in [0.25, 0.3) is 5.91 Å². The summed E-state index contributed by atoms with van der Waals surface area (Å²) in [5, 5.41) is 5.03. The third kappa shape index (κ3) is 3.98. The first-order valence-corrected chi connectivity index (χ1v) is 8.17. The molecule has 1 atom stereocenters. The Morgan fingerprint density at radius 2 is 1.64 bits per heavy atom. The molecule has 0 bridgehead atoms. The highest BCUT2D eigenvalue weighted by atomic mass is 35.5. The second-order valence-corrected chi connectivity index (χ2v) is 5.99. The summed E-state index contributed by atoms with van der Waals surface area (Å²) in [6.07, 6.45) is -0.949. The minimum absolute atomic E-state index is 0.399. The number of benzene rings is 3. The van der Waals surface area contributed by atoms with E-state index < -0.39 is 18.0 Å². The first-order valence-electron chi connectivity index (χ1n) is 7.80. The third-order valence-corrected chi connectivity index (χ3v) is 4.10. The Kier molecular flexibility index (Phi) is 5.00. The minimum Gasteiger partial charge on any atom is -0.449 e. The van der Waals surface area contributed by atoms with E-state index >= 15 is 0 Å². The number of carbonyl (C=O) groups is 2. The maximum Gasteiger partial charge on any atom is 0.338 e. The highest BCUT2D eigenvalue weighted by Crippen LogP contribution is 2.21. The van der Waals surface area contributed by atoms with Gasteiger partial charge in [-0.25, -0.2) is 4.79 Å². The average molecular weight is 354 g/mol. The van der Waals surface area contributed by atoms with Crippen LogP contribution in [0.5, 0.6) is 0 Å². The number of rotatable bonds is 4. The van der Waals surface area contributed by atoms with E-state index in [9.17, 15) is 9.59 Å². The number of fused-ring (bicyclic) bond motifs is 1. The van der Waals surface area contributed by atoms with Gasteiger partial charge in [0.2, 0.25) is 0 Å². The van der Waals surface area contributed by atoms with Crippen LogP contribution in [0.25, 0.3) is 10.8 Å². The lowest BCUT2D eigenvalue weighted by molar-refractivity contribution is -0.123. The number of hydrogen-bond acceptors (Lipinski definition) is 3. The number of nitrogens with one attached hydrogen (secondary N) is 1. The van der Waals surface area contributed by atoms with Crippen molar-refractivity contribution < 1.29 is 14.3 Å². The molecule has 0 heterocycles. The van der Waals surface area contributed by atoms with Gasteiger partial charge in [0.1, 0.15) is 0 Å². The van der Waals surface area contributed by atoms with E-state index in [1.165, 1.54) is 6.92 Å². The smallest absolute Gasteiger partial charge is 0.338 e. The number of esters is 1. The second kappa shape index (κ2) is 7.36. The molecule has 0 fully saturated rings. The quantitative estimate of drug-likeness (QED) is 0.693. The Hall–Kier alpha value is -2.85. The van der Waals surface area contributed by atoms with E-state index in [-0.39, 0.29) is 0 Å². The summed E-state index contributed by atoms with van der Waals surface area (Å²) in [6.45, 7) is 1.52. The molecule has 0 aromatic heterocycles. The lowest BCUT2D eigenvalue weighted by Crippen LogP contribution is -2.30. The summed E-state index contributed by atoms with van der Waals surface area (Å²) >= 11 is 6.01. The standard InChI is InChI=1S/C20H16ClNO3/c1-13(19(23)22-18-9-5-4-8-17(18)21)25-20(24)16-11-10-14-6-2-3-7-15(14)12-16/h2-13H,1H3,(H,22,23). The van der Waals surface area contributed by atoms with E-state index in [0.29, 0.717) is 16.3 Å². The summed E-state index contributed by atoms with van der Waals surface area (Å²) < 4.78 is 5.27. The molecule has 0 aliphatic rings. The highest BCUT2D eigenvalue weighted by molar-refractivity contribution is 6.33. The summed E-state index contributed by atoms with van der Waals surface area (Å²) in [7, 11) is 0. The van der Waals surface area contributed by atoms with Crippen molar-refractivity contribution in [3.63, 3.8) is 0 Å². The van der Waals surface area contributed by atoms with Gasteiger partial charge in [0, 0.05) is 0 Å². The molecule has 0 aliphatic heterocycles. The maximum absolute atomic E-state index is 12.3. The van der Waals surface area contributed by atoms with Crippen LogP contribution in [0.1, 0.15) is 17.3 Å². The molecular weight excluding hydrogens is 338 g/mol. The van der Waals surface area contributed by atoms with Crippen LogP contribution in [0.15, 0.2) is 66.7 Å². The number of ether oxygens (including phenoxy) is 1. The zero-order chi connectivity index (χ0) is 17.8. The van der Waals surface area contributed by atoms with E-state index in [2.05, 4.69) is 5.32 Å². The van der Waals surface area contributed by atoms with Crippen molar-refractivity contribution in [1.82, 2.24) is 0 Å². The van der Waals surface area contributed by atoms with Crippen molar-refractivity contribution in [3.05, 3.63) is 77.3 Å². The largest absolute Gasteiger partial charge is 0.449 e. The van der Waals surface area contributed by atoms with Crippen LogP contribution in [0.3, 0.4) is 0 Å². The van der Waals surface area contributed by atoms with Gasteiger partial charge in [-0.3, -0.25) is 4.79 Å². The Bertz CT molecular complexity index is 939. The van der Waals surface area contributed by atoms with Gasteiger partial charge in [0.05, 0.1) is 16.3 Å². The van der Waals surface area contributed by atoms with Crippen molar-refractivity contribution >= 4 is 39.9 Å². The Morgan fingerprint density at radius 1 is 0.960 bits per heavy atom. The summed E-state index contributed by atoms with van der Waals surface area (Å²) in [5.41, 5.74) is 0.874. The van der Waals surface area contributed by atoms with Gasteiger partial charge < -0.3 is 10.1 Å². The summed E-state index contributed by atoms with van der Waals surface area (Å²) in [6, 6.07) is 19.9. The summed E-state index contributed by atoms with van der Waals surface area (Å²) in [4.78, 5) is 24.5. The van der Waals surface area contributed by atoms with Gasteiger partial charge >= 0.3 is 5.97 Å². The number of hydrogen-bond donors (Lipinski definition) is 1. The molecule has 0 spiro atoms. The van der Waals surface area contributed by atoms with Crippen LogP contribution in [0.4, 0.5) is 5.69 Å². The number of halogens is 1. The molecule has 3 aromatic rings. The third-order valence-electron chi connectivity index (χ3n) is 3.77. The molecule has 3 aromatic carbocycles. The molecule has 25 heavy (non-hydrogen) atoms. The van der Waals surface area contributed by atoms with Gasteiger partial charge in [-0.15, -0.1) is 0 Å². The van der Waals surface area contributed by atoms with Gasteiger partial charge in [0.15, 0.2) is 6.10 Å². The second-order valence-electron chi connectivity index (χ2n) is 5.58. The fourth-order valence-corrected chi connectivity index (χ4v) is 2.58. The molecule has 3 rings (SSSR count). The summed E-state index contributed by atoms with van der Waals surface area (Å²) in [5.74, 6) is -0.991. The normalized spacial score (nSPS) is 11.8. The first-order chi connectivity index (χ1) is 12.0. The zero-order valence-corrected chi connectivity index (χ0v) is 14.3. The van der Waals surface area contributed by atoms with Crippen molar-refractivity contribution in [2.24, 2.45) is 0 Å². The van der Waals surface area contributed by atoms with Crippen molar-refractivity contribution in [2.45, 2.75) is 13.0 Å². The van der Waals surface area contributed by atoms with Crippen LogP contribution in [-0.2, 0) is 9.53 Å². The number of para-hydroxylation sites is 1. The van der Waals surface area contributed by atoms with Crippen LogP contribution >= 0.6 is 11.6 Å². The number of anilines is 1. The molecular formula is C20H16ClNO3. The fourth-order valence-electron chi connectivity index (χ4n) is 2.40. The van der Waals surface area contributed by atoms with Crippen molar-refractivity contribution in [2.75, 3.05) is 5.32 Å². The molecule has 4 nitrogen and oxygen atoms in total. The number of amides is 1. The molecule has 0 aliphatic carbocycles. The predicted octanol–water partition coefficient (Wildman–Crippen LogP) is 4.68. The van der Waals surface area contributed by atoms with Crippen molar-refractivity contribution in [3.8, 4) is 0 Å². The molecule has 5 heteroatoms. The first kappa shape index (κ1) is 17.0. The molecule has 0 saturated heterocycles. The maximum atomic E-state index is 12.3. The van der Waals surface area contributed by atoms with Crippen LogP contribution < -0.4 is 5.32 Å². The molecule has 126 valence electrons. The SMILES string of the molecule is CC(OC(=O)c1ccc2ccccc2c1)C(=O)Nc1ccccc1Cl. The van der Waals surface area contributed by atoms with Gasteiger partial charge in [-0.2, -0.15) is 0 Å². The molecule has 0 saturated carbocycles. The molecule has 1 N–H and O–H groups in total. The lowest BCUT2D eigenvalue weighted by atomic mass is 10.1. The molecule has 0 radical (unpaired) electrons. The monoisotopic (exact) mass is 353 g/mol. The Morgan fingerprint density at radius 3 is 2.40 bits per heavy atom. The number of carbonyl (C=O) groups excluding carboxylic acids is 2. The molecule has 1 unspecified atom stereocenters. The van der Waals surface area contributed by atoms with Crippen LogP contribution in [-0.4, -0.2) is 18.0 Å². The fraction of sp³-hybridized carbons (Fsp3) is 0.100. The van der Waals surface area contributed by atoms with E-state index in [1.54, 1.807) is 36.4 Å². The Labute approximate surface area is 150 Å². The van der Waals surface area contributed by atoms with E-state index in [4.69, 9.17) is 16.3 Å². The predicted molar refractivity (Wildman–Crippen MR) is 98.9 cm³/mol.